The van der Waals surface area contributed by atoms with Gasteiger partial charge in [0.25, 0.3) is 0 Å². The van der Waals surface area contributed by atoms with Gasteiger partial charge < -0.3 is 20.7 Å². The fourth-order valence-electron chi connectivity index (χ4n) is 3.35. The Morgan fingerprint density at radius 3 is 2.78 bits per heavy atom. The highest BCUT2D eigenvalue weighted by atomic mass is 127. The SMILES string of the molecule is C#Cc1cccc(NC(=O)CN=C(NCC)NCC(c2cccs2)N2CCOCC2)c1.I. The molecule has 172 valence electrons. The first-order valence-corrected chi connectivity index (χ1v) is 11.3. The summed E-state index contributed by atoms with van der Waals surface area (Å²) in [5.41, 5.74) is 1.39. The van der Waals surface area contributed by atoms with Crippen LogP contribution in [0.5, 0.6) is 0 Å². The minimum absolute atomic E-state index is 0. The summed E-state index contributed by atoms with van der Waals surface area (Å²) in [6.07, 6.45) is 5.42. The second kappa shape index (κ2) is 14.1. The van der Waals surface area contributed by atoms with Gasteiger partial charge in [0.2, 0.25) is 5.91 Å². The first-order chi connectivity index (χ1) is 15.2. The van der Waals surface area contributed by atoms with Gasteiger partial charge in [-0.05, 0) is 36.6 Å². The number of carbonyl (C=O) groups excluding carboxylic acids is 1. The molecule has 2 heterocycles. The molecule has 1 aliphatic rings. The van der Waals surface area contributed by atoms with E-state index in [4.69, 9.17) is 11.2 Å². The highest BCUT2D eigenvalue weighted by Crippen LogP contribution is 2.25. The molecule has 0 bridgehead atoms. The molecular weight excluding hydrogens is 537 g/mol. The Kier molecular flexibility index (Phi) is 11.5. The van der Waals surface area contributed by atoms with Gasteiger partial charge in [-0.25, -0.2) is 4.99 Å². The second-order valence-corrected chi connectivity index (χ2v) is 8.01. The van der Waals surface area contributed by atoms with E-state index in [0.29, 0.717) is 24.7 Å². The average Bonchev–Trinajstić information content (AvgIpc) is 3.33. The van der Waals surface area contributed by atoms with Crippen LogP contribution in [0.15, 0.2) is 46.8 Å². The van der Waals surface area contributed by atoms with E-state index in [-0.39, 0.29) is 42.5 Å². The van der Waals surface area contributed by atoms with Crippen LogP contribution < -0.4 is 16.0 Å². The number of benzene rings is 1. The number of ether oxygens (including phenoxy) is 1. The normalized spacial score (nSPS) is 15.2. The van der Waals surface area contributed by atoms with Gasteiger partial charge in [-0.3, -0.25) is 9.69 Å². The van der Waals surface area contributed by atoms with Gasteiger partial charge in [0.15, 0.2) is 5.96 Å². The minimum atomic E-state index is -0.200. The van der Waals surface area contributed by atoms with Crippen LogP contribution in [0.4, 0.5) is 5.69 Å². The third-order valence-corrected chi connectivity index (χ3v) is 5.83. The van der Waals surface area contributed by atoms with Gasteiger partial charge in [0.1, 0.15) is 6.54 Å². The Bertz CT molecular complexity index is 907. The highest BCUT2D eigenvalue weighted by Gasteiger charge is 2.23. The predicted molar refractivity (Wildman–Crippen MR) is 142 cm³/mol. The molecule has 0 aliphatic carbocycles. The quantitative estimate of drug-likeness (QED) is 0.198. The Morgan fingerprint density at radius 2 is 2.09 bits per heavy atom. The smallest absolute Gasteiger partial charge is 0.246 e. The average molecular weight is 567 g/mol. The van der Waals surface area contributed by atoms with Crippen molar-refractivity contribution in [2.45, 2.75) is 13.0 Å². The van der Waals surface area contributed by atoms with E-state index >= 15 is 0 Å². The van der Waals surface area contributed by atoms with E-state index < -0.39 is 0 Å². The van der Waals surface area contributed by atoms with Crippen molar-refractivity contribution < 1.29 is 9.53 Å². The lowest BCUT2D eigenvalue weighted by Gasteiger charge is -2.34. The molecule has 2 aromatic rings. The molecule has 1 amide bonds. The van der Waals surface area contributed by atoms with Gasteiger partial charge in [0, 0.05) is 42.3 Å². The minimum Gasteiger partial charge on any atom is -0.379 e. The van der Waals surface area contributed by atoms with E-state index in [2.05, 4.69) is 49.3 Å². The highest BCUT2D eigenvalue weighted by molar-refractivity contribution is 14.0. The van der Waals surface area contributed by atoms with Crippen LogP contribution in [0.2, 0.25) is 0 Å². The molecule has 0 radical (unpaired) electrons. The number of morpholine rings is 1. The van der Waals surface area contributed by atoms with Crippen molar-refractivity contribution in [3.63, 3.8) is 0 Å². The summed E-state index contributed by atoms with van der Waals surface area (Å²) in [6, 6.07) is 11.7. The first kappa shape index (κ1) is 26.1. The molecule has 1 aromatic heterocycles. The van der Waals surface area contributed by atoms with Gasteiger partial charge in [0.05, 0.1) is 19.3 Å². The van der Waals surface area contributed by atoms with Crippen LogP contribution in [0.25, 0.3) is 0 Å². The van der Waals surface area contributed by atoms with Crippen molar-refractivity contribution in [1.82, 2.24) is 15.5 Å². The molecule has 9 heteroatoms. The maximum Gasteiger partial charge on any atom is 0.246 e. The zero-order valence-corrected chi connectivity index (χ0v) is 21.3. The summed E-state index contributed by atoms with van der Waals surface area (Å²) in [6.45, 7) is 6.71. The summed E-state index contributed by atoms with van der Waals surface area (Å²) in [7, 11) is 0. The van der Waals surface area contributed by atoms with E-state index in [9.17, 15) is 4.79 Å². The van der Waals surface area contributed by atoms with Crippen LogP contribution >= 0.6 is 35.3 Å². The predicted octanol–water partition coefficient (Wildman–Crippen LogP) is 2.91. The molecule has 1 fully saturated rings. The van der Waals surface area contributed by atoms with E-state index in [1.165, 1.54) is 4.88 Å². The number of rotatable bonds is 8. The molecule has 1 aliphatic heterocycles. The maximum atomic E-state index is 12.3. The van der Waals surface area contributed by atoms with Crippen LogP contribution in [0, 0.1) is 12.3 Å². The van der Waals surface area contributed by atoms with Crippen LogP contribution in [0.3, 0.4) is 0 Å². The number of guanidine groups is 1. The van der Waals surface area contributed by atoms with Gasteiger partial charge >= 0.3 is 0 Å². The van der Waals surface area contributed by atoms with E-state index in [0.717, 1.165) is 31.9 Å². The largest absolute Gasteiger partial charge is 0.379 e. The van der Waals surface area contributed by atoms with Crippen molar-refractivity contribution in [2.75, 3.05) is 51.3 Å². The number of aliphatic imine (C=N–C) groups is 1. The fraction of sp³-hybridized carbons (Fsp3) is 0.391. The molecule has 7 nitrogen and oxygen atoms in total. The molecule has 0 spiro atoms. The third-order valence-electron chi connectivity index (χ3n) is 4.86. The summed E-state index contributed by atoms with van der Waals surface area (Å²) in [5, 5.41) is 11.6. The lowest BCUT2D eigenvalue weighted by Crippen LogP contribution is -2.46. The number of nitrogens with zero attached hydrogens (tertiary/aromatic N) is 2. The van der Waals surface area contributed by atoms with Gasteiger partial charge in [-0.1, -0.05) is 18.1 Å². The van der Waals surface area contributed by atoms with Gasteiger partial charge in [-0.2, -0.15) is 0 Å². The topological polar surface area (TPSA) is 78.0 Å². The Balaban J connectivity index is 0.00000363. The number of hydrogen-bond acceptors (Lipinski definition) is 5. The standard InChI is InChI=1S/C23H29N5O2S.HI/c1-3-18-7-5-8-19(15-18)27-22(29)17-26-23(24-4-2)25-16-20(21-9-6-14-31-21)28-10-12-30-13-11-28;/h1,5-9,14-15,20H,4,10-13,16-17H2,2H3,(H,27,29)(H2,24,25,26);1H. The molecule has 1 atom stereocenters. The van der Waals surface area contributed by atoms with E-state index in [1.54, 1.807) is 23.5 Å². The molecule has 32 heavy (non-hydrogen) atoms. The summed E-state index contributed by atoms with van der Waals surface area (Å²) < 4.78 is 5.51. The number of hydrogen-bond donors (Lipinski definition) is 3. The zero-order chi connectivity index (χ0) is 21.9. The van der Waals surface area contributed by atoms with Crippen molar-refractivity contribution >= 4 is 52.9 Å². The number of amides is 1. The summed E-state index contributed by atoms with van der Waals surface area (Å²) in [4.78, 5) is 20.5. The molecule has 1 saturated heterocycles. The molecule has 1 aromatic carbocycles. The van der Waals surface area contributed by atoms with Crippen molar-refractivity contribution in [1.29, 1.82) is 0 Å². The Hall–Kier alpha value is -2.13. The van der Waals surface area contributed by atoms with Crippen molar-refractivity contribution in [3.05, 3.63) is 52.2 Å². The lowest BCUT2D eigenvalue weighted by atomic mass is 10.2. The number of halogens is 1. The number of thiophene rings is 1. The second-order valence-electron chi connectivity index (χ2n) is 7.03. The molecular formula is C23H30IN5O2S. The molecule has 1 unspecified atom stereocenters. The van der Waals surface area contributed by atoms with E-state index in [1.807, 2.05) is 19.1 Å². The third kappa shape index (κ3) is 8.09. The molecule has 3 N–H and O–H groups in total. The fourth-order valence-corrected chi connectivity index (χ4v) is 4.21. The summed E-state index contributed by atoms with van der Waals surface area (Å²) in [5.74, 6) is 2.98. The van der Waals surface area contributed by atoms with Crippen LogP contribution in [0.1, 0.15) is 23.4 Å². The van der Waals surface area contributed by atoms with Gasteiger partial charge in [-0.15, -0.1) is 41.7 Å². The lowest BCUT2D eigenvalue weighted by molar-refractivity contribution is -0.114. The van der Waals surface area contributed by atoms with Crippen LogP contribution in [-0.4, -0.2) is 62.7 Å². The maximum absolute atomic E-state index is 12.3. The van der Waals surface area contributed by atoms with Crippen molar-refractivity contribution in [2.24, 2.45) is 4.99 Å². The zero-order valence-electron chi connectivity index (χ0n) is 18.2. The Morgan fingerprint density at radius 1 is 1.28 bits per heavy atom. The molecule has 0 saturated carbocycles. The Labute approximate surface area is 211 Å². The summed E-state index contributed by atoms with van der Waals surface area (Å²) >= 11 is 1.75. The monoisotopic (exact) mass is 567 g/mol. The van der Waals surface area contributed by atoms with Crippen LogP contribution in [-0.2, 0) is 9.53 Å². The first-order valence-electron chi connectivity index (χ1n) is 10.4. The number of nitrogens with one attached hydrogen (secondary N) is 3. The number of terminal acetylenes is 1. The molecule has 3 rings (SSSR count). The number of carbonyl (C=O) groups is 1. The number of anilines is 1. The van der Waals surface area contributed by atoms with Crippen molar-refractivity contribution in [3.8, 4) is 12.3 Å².